The van der Waals surface area contributed by atoms with Gasteiger partial charge in [-0.1, -0.05) is 6.92 Å². The molecule has 2 heterocycles. The van der Waals surface area contributed by atoms with E-state index in [1.54, 1.807) is 0 Å². The fourth-order valence-corrected chi connectivity index (χ4v) is 2.89. The van der Waals surface area contributed by atoms with E-state index in [9.17, 15) is 0 Å². The van der Waals surface area contributed by atoms with Crippen LogP contribution >= 0.6 is 0 Å². The molecule has 2 unspecified atom stereocenters. The van der Waals surface area contributed by atoms with Crippen molar-refractivity contribution in [3.05, 3.63) is 23.9 Å². The summed E-state index contributed by atoms with van der Waals surface area (Å²) >= 11 is 0. The van der Waals surface area contributed by atoms with Gasteiger partial charge in [-0.25, -0.2) is 4.98 Å². The molecule has 0 aromatic carbocycles. The summed E-state index contributed by atoms with van der Waals surface area (Å²) in [4.78, 5) is 7.07. The Kier molecular flexibility index (Phi) is 3.74. The molecule has 0 amide bonds. The third-order valence-corrected chi connectivity index (χ3v) is 4.39. The van der Waals surface area contributed by atoms with Crippen LogP contribution < -0.4 is 10.2 Å². The van der Waals surface area contributed by atoms with Gasteiger partial charge in [0.1, 0.15) is 5.82 Å². The van der Waals surface area contributed by atoms with Crippen molar-refractivity contribution in [2.24, 2.45) is 5.92 Å². The molecule has 1 aromatic heterocycles. The molecular weight excluding hydrogens is 234 g/mol. The van der Waals surface area contributed by atoms with Crippen LogP contribution in [-0.4, -0.2) is 23.6 Å². The lowest BCUT2D eigenvalue weighted by atomic mass is 9.95. The maximum atomic E-state index is 4.59. The fourth-order valence-electron chi connectivity index (χ4n) is 2.89. The first kappa shape index (κ1) is 12.9. The van der Waals surface area contributed by atoms with Gasteiger partial charge in [-0.2, -0.15) is 0 Å². The molecular formula is C16H25N3. The van der Waals surface area contributed by atoms with Gasteiger partial charge in [0.2, 0.25) is 0 Å². The minimum Gasteiger partial charge on any atom is -0.354 e. The Morgan fingerprint density at radius 3 is 2.89 bits per heavy atom. The van der Waals surface area contributed by atoms with E-state index in [0.29, 0.717) is 6.04 Å². The standard InChI is InChI=1S/C16H25N3/c1-12-3-4-13(2)19(11-12)16-9-14(7-8-17-16)10-18-15-5-6-15/h7-9,12-13,15,18H,3-6,10-11H2,1-2H3. The zero-order valence-electron chi connectivity index (χ0n) is 12.1. The minimum atomic E-state index is 0.621. The van der Waals surface area contributed by atoms with Crippen LogP contribution in [-0.2, 0) is 6.54 Å². The van der Waals surface area contributed by atoms with E-state index in [0.717, 1.165) is 30.9 Å². The van der Waals surface area contributed by atoms with Gasteiger partial charge in [0, 0.05) is 31.4 Å². The summed E-state index contributed by atoms with van der Waals surface area (Å²) in [5, 5.41) is 3.58. The van der Waals surface area contributed by atoms with E-state index in [-0.39, 0.29) is 0 Å². The summed E-state index contributed by atoms with van der Waals surface area (Å²) < 4.78 is 0. The Hall–Kier alpha value is -1.09. The minimum absolute atomic E-state index is 0.621. The van der Waals surface area contributed by atoms with Crippen LogP contribution in [0.25, 0.3) is 0 Å². The predicted octanol–water partition coefficient (Wildman–Crippen LogP) is 2.96. The van der Waals surface area contributed by atoms with Gasteiger partial charge >= 0.3 is 0 Å². The zero-order valence-corrected chi connectivity index (χ0v) is 12.1. The molecule has 2 fully saturated rings. The third kappa shape index (κ3) is 3.27. The quantitative estimate of drug-likeness (QED) is 0.901. The van der Waals surface area contributed by atoms with Gasteiger partial charge in [-0.15, -0.1) is 0 Å². The first-order valence-corrected chi connectivity index (χ1v) is 7.67. The highest BCUT2D eigenvalue weighted by atomic mass is 15.2. The Balaban J connectivity index is 1.69. The summed E-state index contributed by atoms with van der Waals surface area (Å²) in [7, 11) is 0. The summed E-state index contributed by atoms with van der Waals surface area (Å²) in [5.74, 6) is 1.94. The lowest BCUT2D eigenvalue weighted by molar-refractivity contribution is 0.388. The molecule has 2 atom stereocenters. The van der Waals surface area contributed by atoms with E-state index >= 15 is 0 Å². The lowest BCUT2D eigenvalue weighted by Gasteiger charge is -2.37. The topological polar surface area (TPSA) is 28.2 Å². The number of aromatic nitrogens is 1. The van der Waals surface area contributed by atoms with Crippen LogP contribution in [0.15, 0.2) is 18.3 Å². The van der Waals surface area contributed by atoms with Crippen LogP contribution in [0.3, 0.4) is 0 Å². The molecule has 0 bridgehead atoms. The van der Waals surface area contributed by atoms with E-state index in [1.807, 2.05) is 6.20 Å². The number of hydrogen-bond donors (Lipinski definition) is 1. The maximum Gasteiger partial charge on any atom is 0.129 e. The molecule has 1 aromatic rings. The first-order valence-electron chi connectivity index (χ1n) is 7.67. The van der Waals surface area contributed by atoms with E-state index in [4.69, 9.17) is 0 Å². The average molecular weight is 259 g/mol. The second kappa shape index (κ2) is 5.49. The number of rotatable bonds is 4. The first-order chi connectivity index (χ1) is 9.22. The summed E-state index contributed by atoms with van der Waals surface area (Å²) in [6.45, 7) is 6.80. The van der Waals surface area contributed by atoms with Crippen LogP contribution in [0.4, 0.5) is 5.82 Å². The summed E-state index contributed by atoms with van der Waals surface area (Å²) in [6, 6.07) is 5.79. The smallest absolute Gasteiger partial charge is 0.129 e. The van der Waals surface area contributed by atoms with E-state index in [1.165, 1.54) is 31.2 Å². The highest BCUT2D eigenvalue weighted by Gasteiger charge is 2.24. The maximum absolute atomic E-state index is 4.59. The van der Waals surface area contributed by atoms with Crippen molar-refractivity contribution in [1.82, 2.24) is 10.3 Å². The van der Waals surface area contributed by atoms with Crippen LogP contribution in [0.5, 0.6) is 0 Å². The second-order valence-electron chi connectivity index (χ2n) is 6.36. The molecule has 0 spiro atoms. The molecule has 1 aliphatic heterocycles. The van der Waals surface area contributed by atoms with Gasteiger partial charge in [-0.3, -0.25) is 0 Å². The van der Waals surface area contributed by atoms with Crippen molar-refractivity contribution < 1.29 is 0 Å². The number of nitrogens with zero attached hydrogens (tertiary/aromatic N) is 2. The molecule has 1 aliphatic carbocycles. The average Bonchev–Trinajstić information content (AvgIpc) is 3.24. The van der Waals surface area contributed by atoms with Crippen molar-refractivity contribution in [1.29, 1.82) is 0 Å². The predicted molar refractivity (Wildman–Crippen MR) is 79.3 cm³/mol. The number of hydrogen-bond acceptors (Lipinski definition) is 3. The molecule has 3 rings (SSSR count). The fraction of sp³-hybridized carbons (Fsp3) is 0.688. The van der Waals surface area contributed by atoms with Gasteiger partial charge in [-0.05, 0) is 56.2 Å². The molecule has 3 nitrogen and oxygen atoms in total. The Morgan fingerprint density at radius 2 is 2.11 bits per heavy atom. The Labute approximate surface area is 116 Å². The van der Waals surface area contributed by atoms with Crippen molar-refractivity contribution in [3.63, 3.8) is 0 Å². The molecule has 2 aliphatic rings. The monoisotopic (exact) mass is 259 g/mol. The lowest BCUT2D eigenvalue weighted by Crippen LogP contribution is -2.41. The molecule has 0 radical (unpaired) electrons. The van der Waals surface area contributed by atoms with Crippen LogP contribution in [0.2, 0.25) is 0 Å². The van der Waals surface area contributed by atoms with Gasteiger partial charge in [0.25, 0.3) is 0 Å². The molecule has 19 heavy (non-hydrogen) atoms. The van der Waals surface area contributed by atoms with Crippen LogP contribution in [0.1, 0.15) is 45.1 Å². The van der Waals surface area contributed by atoms with Crippen molar-refractivity contribution >= 4 is 5.82 Å². The Bertz CT molecular complexity index is 428. The van der Waals surface area contributed by atoms with E-state index in [2.05, 4.69) is 41.2 Å². The zero-order chi connectivity index (χ0) is 13.2. The second-order valence-corrected chi connectivity index (χ2v) is 6.36. The third-order valence-electron chi connectivity index (χ3n) is 4.39. The number of nitrogens with one attached hydrogen (secondary N) is 1. The number of anilines is 1. The van der Waals surface area contributed by atoms with Crippen LogP contribution in [0, 0.1) is 5.92 Å². The highest BCUT2D eigenvalue weighted by molar-refractivity contribution is 5.42. The van der Waals surface area contributed by atoms with Gasteiger partial charge < -0.3 is 10.2 Å². The molecule has 1 saturated heterocycles. The number of pyridine rings is 1. The highest BCUT2D eigenvalue weighted by Crippen LogP contribution is 2.26. The van der Waals surface area contributed by atoms with Crippen molar-refractivity contribution in [2.45, 2.75) is 58.2 Å². The van der Waals surface area contributed by atoms with Crippen molar-refractivity contribution in [3.8, 4) is 0 Å². The summed E-state index contributed by atoms with van der Waals surface area (Å²) in [6.07, 6.45) is 7.29. The van der Waals surface area contributed by atoms with E-state index < -0.39 is 0 Å². The largest absolute Gasteiger partial charge is 0.354 e. The van der Waals surface area contributed by atoms with Gasteiger partial charge in [0.05, 0.1) is 0 Å². The normalized spacial score (nSPS) is 27.6. The Morgan fingerprint density at radius 1 is 1.26 bits per heavy atom. The molecule has 3 heteroatoms. The SMILES string of the molecule is CC1CCC(C)N(c2cc(CNC3CC3)ccn2)C1. The van der Waals surface area contributed by atoms with Crippen molar-refractivity contribution in [2.75, 3.05) is 11.4 Å². The van der Waals surface area contributed by atoms with Gasteiger partial charge in [0.15, 0.2) is 0 Å². The summed E-state index contributed by atoms with van der Waals surface area (Å²) in [5.41, 5.74) is 1.36. The molecule has 1 N–H and O–H groups in total. The number of piperidine rings is 1. The molecule has 1 saturated carbocycles. The molecule has 104 valence electrons.